The third-order valence-corrected chi connectivity index (χ3v) is 8.42. The normalized spacial score (nSPS) is 11.4. The third-order valence-electron chi connectivity index (χ3n) is 6.65. The molecule has 7 rings (SSSR count). The van der Waals surface area contributed by atoms with E-state index in [1.807, 2.05) is 0 Å². The molecule has 5 aromatic carbocycles. The van der Waals surface area contributed by atoms with E-state index in [0.717, 1.165) is 5.69 Å². The molecule has 0 fully saturated rings. The Morgan fingerprint density at radius 2 is 1.06 bits per heavy atom. The summed E-state index contributed by atoms with van der Waals surface area (Å²) in [4.78, 5) is 2.41. The van der Waals surface area contributed by atoms with Gasteiger partial charge in [0.15, 0.2) is 0 Å². The molecule has 0 saturated carbocycles. The summed E-state index contributed by atoms with van der Waals surface area (Å²) < 4.78 is 2.61. The molecule has 35 heavy (non-hydrogen) atoms. The first kappa shape index (κ1) is 20.5. The molecular formula is C32H21NS2. The van der Waals surface area contributed by atoms with Crippen LogP contribution >= 0.6 is 22.7 Å². The molecule has 166 valence electrons. The lowest BCUT2D eigenvalue weighted by Gasteiger charge is -2.27. The minimum Gasteiger partial charge on any atom is -0.309 e. The van der Waals surface area contributed by atoms with Crippen LogP contribution in [0.15, 0.2) is 126 Å². The van der Waals surface area contributed by atoms with Crippen LogP contribution < -0.4 is 4.90 Å². The second kappa shape index (κ2) is 8.38. The van der Waals surface area contributed by atoms with Crippen LogP contribution in [0.4, 0.5) is 17.1 Å². The molecule has 0 N–H and O–H groups in total. The Morgan fingerprint density at radius 3 is 1.74 bits per heavy atom. The van der Waals surface area contributed by atoms with Gasteiger partial charge in [-0.15, -0.1) is 22.7 Å². The maximum atomic E-state index is 2.41. The van der Waals surface area contributed by atoms with E-state index >= 15 is 0 Å². The second-order valence-electron chi connectivity index (χ2n) is 8.63. The summed E-state index contributed by atoms with van der Waals surface area (Å²) in [5.41, 5.74) is 6.07. The van der Waals surface area contributed by atoms with Gasteiger partial charge in [-0.3, -0.25) is 0 Å². The molecule has 0 saturated heterocycles. The Morgan fingerprint density at radius 1 is 0.457 bits per heavy atom. The maximum absolute atomic E-state index is 2.41. The number of benzene rings is 5. The van der Waals surface area contributed by atoms with Crippen molar-refractivity contribution in [2.45, 2.75) is 0 Å². The summed E-state index contributed by atoms with van der Waals surface area (Å²) in [5, 5.41) is 9.47. The molecule has 2 aromatic heterocycles. The van der Waals surface area contributed by atoms with Crippen molar-refractivity contribution < 1.29 is 0 Å². The third kappa shape index (κ3) is 3.44. The lowest BCUT2D eigenvalue weighted by Crippen LogP contribution is -2.10. The Hall–Kier alpha value is -3.92. The largest absolute Gasteiger partial charge is 0.309 e. The van der Waals surface area contributed by atoms with Crippen LogP contribution in [0.25, 0.3) is 42.1 Å². The van der Waals surface area contributed by atoms with Gasteiger partial charge in [0.1, 0.15) is 0 Å². The van der Waals surface area contributed by atoms with Gasteiger partial charge in [-0.25, -0.2) is 0 Å². The zero-order valence-electron chi connectivity index (χ0n) is 18.9. The van der Waals surface area contributed by atoms with Crippen molar-refractivity contribution in [2.75, 3.05) is 4.90 Å². The number of fused-ring (bicyclic) bond motifs is 3. The lowest BCUT2D eigenvalue weighted by atomic mass is 9.98. The fourth-order valence-corrected chi connectivity index (χ4v) is 6.64. The Labute approximate surface area is 212 Å². The minimum absolute atomic E-state index is 1.16. The predicted molar refractivity (Wildman–Crippen MR) is 155 cm³/mol. The van der Waals surface area contributed by atoms with Gasteiger partial charge < -0.3 is 4.90 Å². The van der Waals surface area contributed by atoms with Gasteiger partial charge in [-0.1, -0.05) is 66.7 Å². The van der Waals surface area contributed by atoms with E-state index in [0.29, 0.717) is 0 Å². The van der Waals surface area contributed by atoms with Crippen molar-refractivity contribution >= 4 is 70.7 Å². The SMILES string of the molecule is c1ccc2c(-c3ccc(N(c4cccc5sccc45)c4cccc5sccc45)cc3)cccc2c1. The number of rotatable bonds is 4. The topological polar surface area (TPSA) is 3.24 Å². The second-order valence-corrected chi connectivity index (χ2v) is 10.5. The highest BCUT2D eigenvalue weighted by atomic mass is 32.1. The zero-order chi connectivity index (χ0) is 23.2. The van der Waals surface area contributed by atoms with Crippen LogP contribution in [0.1, 0.15) is 0 Å². The van der Waals surface area contributed by atoms with Gasteiger partial charge in [0.05, 0.1) is 11.4 Å². The van der Waals surface area contributed by atoms with E-state index in [9.17, 15) is 0 Å². The highest BCUT2D eigenvalue weighted by Gasteiger charge is 2.18. The maximum Gasteiger partial charge on any atom is 0.0548 e. The molecule has 0 aliphatic rings. The van der Waals surface area contributed by atoms with Crippen LogP contribution in [0.5, 0.6) is 0 Å². The van der Waals surface area contributed by atoms with E-state index in [1.54, 1.807) is 22.7 Å². The van der Waals surface area contributed by atoms with Crippen LogP contribution in [0.2, 0.25) is 0 Å². The molecule has 0 spiro atoms. The van der Waals surface area contributed by atoms with Gasteiger partial charge in [-0.05, 0) is 81.2 Å². The Balaban J connectivity index is 1.42. The van der Waals surface area contributed by atoms with Crippen LogP contribution in [-0.4, -0.2) is 0 Å². The predicted octanol–water partition coefficient (Wildman–Crippen LogP) is 10.4. The average molecular weight is 484 g/mol. The Kier molecular flexibility index (Phi) is 4.90. The van der Waals surface area contributed by atoms with Gasteiger partial charge in [0, 0.05) is 25.9 Å². The van der Waals surface area contributed by atoms with Crippen molar-refractivity contribution in [1.82, 2.24) is 0 Å². The van der Waals surface area contributed by atoms with Gasteiger partial charge >= 0.3 is 0 Å². The summed E-state index contributed by atoms with van der Waals surface area (Å²) in [6.45, 7) is 0. The highest BCUT2D eigenvalue weighted by Crippen LogP contribution is 2.44. The molecule has 0 atom stereocenters. The van der Waals surface area contributed by atoms with Crippen LogP contribution in [0.3, 0.4) is 0 Å². The molecule has 2 heterocycles. The van der Waals surface area contributed by atoms with Gasteiger partial charge in [0.2, 0.25) is 0 Å². The minimum atomic E-state index is 1.16. The number of hydrogen-bond donors (Lipinski definition) is 0. The van der Waals surface area contributed by atoms with Crippen molar-refractivity contribution in [3.05, 3.63) is 126 Å². The summed E-state index contributed by atoms with van der Waals surface area (Å²) >= 11 is 3.58. The number of anilines is 3. The fraction of sp³-hybridized carbons (Fsp3) is 0. The lowest BCUT2D eigenvalue weighted by molar-refractivity contribution is 1.32. The summed E-state index contributed by atoms with van der Waals surface area (Å²) in [5.74, 6) is 0. The van der Waals surface area contributed by atoms with Gasteiger partial charge in [-0.2, -0.15) is 0 Å². The molecular weight excluding hydrogens is 462 g/mol. The molecule has 0 aliphatic heterocycles. The van der Waals surface area contributed by atoms with Crippen LogP contribution in [0, 0.1) is 0 Å². The monoisotopic (exact) mass is 483 g/mol. The first-order valence-corrected chi connectivity index (χ1v) is 13.4. The molecule has 7 aromatic rings. The van der Waals surface area contributed by atoms with Crippen molar-refractivity contribution in [3.8, 4) is 11.1 Å². The molecule has 3 heteroatoms. The molecule has 0 aliphatic carbocycles. The number of nitrogens with zero attached hydrogens (tertiary/aromatic N) is 1. The van der Waals surface area contributed by atoms with E-state index in [1.165, 1.54) is 53.4 Å². The first-order valence-electron chi connectivity index (χ1n) is 11.7. The number of thiophene rings is 2. The first-order chi connectivity index (χ1) is 17.4. The molecule has 0 radical (unpaired) electrons. The van der Waals surface area contributed by atoms with E-state index in [2.05, 4.69) is 131 Å². The quantitative estimate of drug-likeness (QED) is 0.241. The summed E-state index contributed by atoms with van der Waals surface area (Å²) in [6, 6.07) is 41.9. The molecule has 0 amide bonds. The highest BCUT2D eigenvalue weighted by molar-refractivity contribution is 7.17. The number of hydrogen-bond acceptors (Lipinski definition) is 3. The van der Waals surface area contributed by atoms with E-state index < -0.39 is 0 Å². The smallest absolute Gasteiger partial charge is 0.0548 e. The van der Waals surface area contributed by atoms with Crippen LogP contribution in [-0.2, 0) is 0 Å². The summed E-state index contributed by atoms with van der Waals surface area (Å²) in [6.07, 6.45) is 0. The standard InChI is InChI=1S/C32H21NS2/c1-2-8-25-22(6-1)7-3-9-26(25)23-14-16-24(17-15-23)33(29-10-4-12-31-27(29)18-20-34-31)30-11-5-13-32-28(30)19-21-35-32/h1-21H. The summed E-state index contributed by atoms with van der Waals surface area (Å²) in [7, 11) is 0. The zero-order valence-corrected chi connectivity index (χ0v) is 20.5. The van der Waals surface area contributed by atoms with E-state index in [-0.39, 0.29) is 0 Å². The van der Waals surface area contributed by atoms with Crippen molar-refractivity contribution in [2.24, 2.45) is 0 Å². The van der Waals surface area contributed by atoms with Gasteiger partial charge in [0.25, 0.3) is 0 Å². The van der Waals surface area contributed by atoms with Crippen molar-refractivity contribution in [1.29, 1.82) is 0 Å². The molecule has 0 bridgehead atoms. The fourth-order valence-electron chi connectivity index (χ4n) is 5.02. The van der Waals surface area contributed by atoms with E-state index in [4.69, 9.17) is 0 Å². The average Bonchev–Trinajstić information content (AvgIpc) is 3.60. The molecule has 1 nitrogen and oxygen atoms in total. The molecule has 0 unspecified atom stereocenters. The Bertz CT molecular complexity index is 1730. The van der Waals surface area contributed by atoms with Crippen molar-refractivity contribution in [3.63, 3.8) is 0 Å².